The highest BCUT2D eigenvalue weighted by Gasteiger charge is 2.31. The Hall–Kier alpha value is -1.36. The molecule has 0 saturated carbocycles. The molecule has 0 radical (unpaired) electrons. The number of likely N-dealkylation sites (tertiary alicyclic amines) is 1. The third kappa shape index (κ3) is 6.46. The van der Waals surface area contributed by atoms with E-state index in [0.29, 0.717) is 32.4 Å². The summed E-state index contributed by atoms with van der Waals surface area (Å²) >= 11 is 0. The number of rotatable bonds is 8. The molecule has 1 aromatic rings. The van der Waals surface area contributed by atoms with Gasteiger partial charge in [-0.15, -0.1) is 0 Å². The lowest BCUT2D eigenvalue weighted by atomic mass is 10.1. The fourth-order valence-corrected chi connectivity index (χ4v) is 5.60. The lowest BCUT2D eigenvalue weighted by molar-refractivity contribution is -0.132. The minimum Gasteiger partial charge on any atom is -0.343 e. The van der Waals surface area contributed by atoms with Crippen LogP contribution in [0.15, 0.2) is 30.3 Å². The van der Waals surface area contributed by atoms with Gasteiger partial charge >= 0.3 is 0 Å². The van der Waals surface area contributed by atoms with E-state index in [1.54, 1.807) is 0 Å². The number of benzene rings is 1. The second-order valence-corrected chi connectivity index (χ2v) is 9.82. The van der Waals surface area contributed by atoms with Crippen molar-refractivity contribution in [2.45, 2.75) is 57.6 Å². The van der Waals surface area contributed by atoms with Crippen molar-refractivity contribution in [3.63, 3.8) is 0 Å². The molecule has 140 valence electrons. The van der Waals surface area contributed by atoms with Crippen molar-refractivity contribution in [2.75, 3.05) is 18.8 Å². The molecule has 1 aliphatic heterocycles. The molecule has 1 saturated heterocycles. The van der Waals surface area contributed by atoms with Crippen LogP contribution >= 0.6 is 0 Å². The highest BCUT2D eigenvalue weighted by molar-refractivity contribution is 7.92. The first kappa shape index (κ1) is 20.0. The van der Waals surface area contributed by atoms with E-state index in [9.17, 15) is 13.2 Å². The van der Waals surface area contributed by atoms with Crippen molar-refractivity contribution in [1.29, 1.82) is 0 Å². The number of unbranched alkanes of at least 4 members (excludes halogenated alkanes) is 1. The van der Waals surface area contributed by atoms with Crippen LogP contribution in [0.1, 0.15) is 51.5 Å². The van der Waals surface area contributed by atoms with Crippen molar-refractivity contribution in [3.05, 3.63) is 35.9 Å². The van der Waals surface area contributed by atoms with Gasteiger partial charge in [-0.25, -0.2) is 8.42 Å². The summed E-state index contributed by atoms with van der Waals surface area (Å²) < 4.78 is 24.6. The number of nitrogens with zero attached hydrogens (tertiary/aromatic N) is 1. The van der Waals surface area contributed by atoms with Crippen LogP contribution in [0.25, 0.3) is 0 Å². The third-order valence-electron chi connectivity index (χ3n) is 4.82. The van der Waals surface area contributed by atoms with Gasteiger partial charge in [-0.05, 0) is 43.6 Å². The van der Waals surface area contributed by atoms with E-state index < -0.39 is 9.84 Å². The van der Waals surface area contributed by atoms with Gasteiger partial charge in [0.1, 0.15) is 0 Å². The first-order chi connectivity index (χ1) is 11.9. The number of amides is 1. The van der Waals surface area contributed by atoms with Gasteiger partial charge in [-0.1, -0.05) is 44.2 Å². The number of hydrogen-bond donors (Lipinski definition) is 0. The molecule has 1 amide bonds. The Bertz CT molecular complexity index is 632. The Morgan fingerprint density at radius 3 is 2.36 bits per heavy atom. The SMILES string of the molecule is CC(C)CS(=O)(=O)C1CCN(C(=O)CCCCc2ccccc2)CC1. The van der Waals surface area contributed by atoms with E-state index in [0.717, 1.165) is 19.3 Å². The Morgan fingerprint density at radius 2 is 1.76 bits per heavy atom. The first-order valence-electron chi connectivity index (χ1n) is 9.42. The van der Waals surface area contributed by atoms with Crippen LogP contribution in [-0.4, -0.2) is 43.3 Å². The molecular formula is C20H31NO3S. The number of carbonyl (C=O) groups is 1. The average molecular weight is 366 g/mol. The zero-order chi connectivity index (χ0) is 18.3. The molecule has 1 aromatic carbocycles. The maximum Gasteiger partial charge on any atom is 0.222 e. The molecule has 0 atom stereocenters. The normalized spacial score (nSPS) is 16.4. The minimum atomic E-state index is -3.02. The summed E-state index contributed by atoms with van der Waals surface area (Å²) in [5, 5.41) is -0.267. The van der Waals surface area contributed by atoms with Gasteiger partial charge in [0.25, 0.3) is 0 Å². The summed E-state index contributed by atoms with van der Waals surface area (Å²) in [5.74, 6) is 0.590. The number of piperidine rings is 1. The monoisotopic (exact) mass is 365 g/mol. The molecule has 0 aliphatic carbocycles. The summed E-state index contributed by atoms with van der Waals surface area (Å²) in [4.78, 5) is 14.2. The van der Waals surface area contributed by atoms with E-state index in [1.165, 1.54) is 5.56 Å². The molecule has 0 aromatic heterocycles. The summed E-state index contributed by atoms with van der Waals surface area (Å²) in [7, 11) is -3.02. The fraction of sp³-hybridized carbons (Fsp3) is 0.650. The predicted molar refractivity (Wildman–Crippen MR) is 102 cm³/mol. The molecule has 1 fully saturated rings. The van der Waals surface area contributed by atoms with Crippen LogP contribution in [0.4, 0.5) is 0 Å². The maximum absolute atomic E-state index is 12.3. The Labute approximate surface area is 152 Å². The van der Waals surface area contributed by atoms with E-state index in [2.05, 4.69) is 12.1 Å². The van der Waals surface area contributed by atoms with Crippen LogP contribution in [0.2, 0.25) is 0 Å². The number of aryl methyl sites for hydroxylation is 1. The molecule has 0 spiro atoms. The van der Waals surface area contributed by atoms with Gasteiger partial charge in [0.2, 0.25) is 5.91 Å². The van der Waals surface area contributed by atoms with Crippen molar-refractivity contribution in [3.8, 4) is 0 Å². The van der Waals surface area contributed by atoms with E-state index in [1.807, 2.05) is 36.9 Å². The summed E-state index contributed by atoms with van der Waals surface area (Å²) in [6, 6.07) is 10.3. The van der Waals surface area contributed by atoms with Crippen molar-refractivity contribution in [1.82, 2.24) is 4.90 Å². The van der Waals surface area contributed by atoms with Crippen LogP contribution in [0.5, 0.6) is 0 Å². The molecule has 1 heterocycles. The summed E-state index contributed by atoms with van der Waals surface area (Å²) in [5.41, 5.74) is 1.31. The van der Waals surface area contributed by atoms with E-state index >= 15 is 0 Å². The van der Waals surface area contributed by atoms with E-state index in [-0.39, 0.29) is 22.8 Å². The maximum atomic E-state index is 12.3. The smallest absolute Gasteiger partial charge is 0.222 e. The van der Waals surface area contributed by atoms with Gasteiger partial charge < -0.3 is 4.90 Å². The van der Waals surface area contributed by atoms with Gasteiger partial charge in [0.15, 0.2) is 9.84 Å². The molecule has 5 heteroatoms. The van der Waals surface area contributed by atoms with Crippen LogP contribution in [0.3, 0.4) is 0 Å². The van der Waals surface area contributed by atoms with Crippen molar-refractivity contribution >= 4 is 15.7 Å². The Balaban J connectivity index is 1.69. The topological polar surface area (TPSA) is 54.5 Å². The minimum absolute atomic E-state index is 0.161. The lowest BCUT2D eigenvalue weighted by Crippen LogP contribution is -2.43. The van der Waals surface area contributed by atoms with E-state index in [4.69, 9.17) is 0 Å². The second-order valence-electron chi connectivity index (χ2n) is 7.50. The molecular weight excluding hydrogens is 334 g/mol. The Morgan fingerprint density at radius 1 is 1.12 bits per heavy atom. The number of hydrogen-bond acceptors (Lipinski definition) is 3. The molecule has 1 aliphatic rings. The number of sulfone groups is 1. The molecule has 25 heavy (non-hydrogen) atoms. The number of carbonyl (C=O) groups excluding carboxylic acids is 1. The zero-order valence-corrected chi connectivity index (χ0v) is 16.3. The molecule has 4 nitrogen and oxygen atoms in total. The fourth-order valence-electron chi connectivity index (χ4n) is 3.47. The molecule has 2 rings (SSSR count). The lowest BCUT2D eigenvalue weighted by Gasteiger charge is -2.32. The summed E-state index contributed by atoms with van der Waals surface area (Å²) in [6.07, 6.45) is 4.64. The first-order valence-corrected chi connectivity index (χ1v) is 11.1. The quantitative estimate of drug-likeness (QED) is 0.663. The van der Waals surface area contributed by atoms with Gasteiger partial charge in [-0.2, -0.15) is 0 Å². The zero-order valence-electron chi connectivity index (χ0n) is 15.5. The molecule has 0 N–H and O–H groups in total. The largest absolute Gasteiger partial charge is 0.343 e. The third-order valence-corrected chi connectivity index (χ3v) is 7.44. The van der Waals surface area contributed by atoms with Crippen molar-refractivity contribution < 1.29 is 13.2 Å². The second kappa shape index (κ2) is 9.37. The van der Waals surface area contributed by atoms with Gasteiger partial charge in [0, 0.05) is 19.5 Å². The van der Waals surface area contributed by atoms with Crippen LogP contribution in [-0.2, 0) is 21.1 Å². The molecule has 0 unspecified atom stereocenters. The highest BCUT2D eigenvalue weighted by Crippen LogP contribution is 2.21. The standard InChI is InChI=1S/C20H31NO3S/c1-17(2)16-25(23,24)19-12-14-21(15-13-19)20(22)11-7-6-10-18-8-4-3-5-9-18/h3-5,8-9,17,19H,6-7,10-16H2,1-2H3. The average Bonchev–Trinajstić information content (AvgIpc) is 2.58. The predicted octanol–water partition coefficient (Wildman–Crippen LogP) is 3.46. The van der Waals surface area contributed by atoms with Crippen LogP contribution < -0.4 is 0 Å². The van der Waals surface area contributed by atoms with Crippen molar-refractivity contribution in [2.24, 2.45) is 5.92 Å². The van der Waals surface area contributed by atoms with Gasteiger partial charge in [0.05, 0.1) is 11.0 Å². The highest BCUT2D eigenvalue weighted by atomic mass is 32.2. The molecule has 0 bridgehead atoms. The van der Waals surface area contributed by atoms with Crippen LogP contribution in [0, 0.1) is 5.92 Å². The summed E-state index contributed by atoms with van der Waals surface area (Å²) in [6.45, 7) is 5.04. The Kier molecular flexibility index (Phi) is 7.48. The van der Waals surface area contributed by atoms with Gasteiger partial charge in [-0.3, -0.25) is 4.79 Å².